The molecule has 0 aromatic heterocycles. The summed E-state index contributed by atoms with van der Waals surface area (Å²) < 4.78 is 28.5. The quantitative estimate of drug-likeness (QED) is 0.276. The number of aliphatic imine (C=N–C) groups is 2. The zero-order chi connectivity index (χ0) is 25.0. The molecule has 8 nitrogen and oxygen atoms in total. The molecular formula is C21H14Cl4N4O4S. The maximum absolute atomic E-state index is 12.5. The highest BCUT2D eigenvalue weighted by molar-refractivity contribution is 7.90. The Bertz CT molecular complexity index is 1440. The van der Waals surface area contributed by atoms with Gasteiger partial charge in [0.1, 0.15) is 11.5 Å². The van der Waals surface area contributed by atoms with E-state index in [0.717, 1.165) is 6.21 Å². The number of halogens is 4. The molecule has 0 aliphatic rings. The van der Waals surface area contributed by atoms with Crippen LogP contribution in [0.1, 0.15) is 11.1 Å². The largest absolute Gasteiger partial charge is 0.506 e. The van der Waals surface area contributed by atoms with Crippen molar-refractivity contribution in [3.8, 4) is 11.5 Å². The third kappa shape index (κ3) is 6.40. The van der Waals surface area contributed by atoms with Gasteiger partial charge in [0.2, 0.25) is 5.96 Å². The minimum Gasteiger partial charge on any atom is -0.506 e. The van der Waals surface area contributed by atoms with Gasteiger partial charge >= 0.3 is 0 Å². The summed E-state index contributed by atoms with van der Waals surface area (Å²) >= 11 is 23.5. The molecule has 0 amide bonds. The molecule has 0 saturated heterocycles. The van der Waals surface area contributed by atoms with E-state index in [1.165, 1.54) is 54.7 Å². The van der Waals surface area contributed by atoms with Gasteiger partial charge in [0.05, 0.1) is 20.6 Å². The lowest BCUT2D eigenvalue weighted by Crippen LogP contribution is -2.12. The third-order valence-corrected chi connectivity index (χ3v) is 6.46. The number of aromatic hydroxyl groups is 2. The van der Waals surface area contributed by atoms with E-state index in [1.54, 1.807) is 0 Å². The summed E-state index contributed by atoms with van der Waals surface area (Å²) in [5.41, 5.74) is 6.41. The number of benzene rings is 3. The van der Waals surface area contributed by atoms with Crippen molar-refractivity contribution in [3.63, 3.8) is 0 Å². The van der Waals surface area contributed by atoms with Crippen LogP contribution < -0.4 is 5.73 Å². The molecule has 0 fully saturated rings. The first-order valence-electron chi connectivity index (χ1n) is 9.11. The second kappa shape index (κ2) is 10.6. The molecule has 0 atom stereocenters. The number of hydrogen-bond donors (Lipinski definition) is 3. The van der Waals surface area contributed by atoms with E-state index < -0.39 is 16.0 Å². The number of hydrogen-bond acceptors (Lipinski definition) is 5. The summed E-state index contributed by atoms with van der Waals surface area (Å²) in [7, 11) is -4.18. The summed E-state index contributed by atoms with van der Waals surface area (Å²) in [6, 6.07) is 11.0. The minimum absolute atomic E-state index is 0.00602. The molecule has 0 aliphatic carbocycles. The number of guanidine groups is 1. The molecule has 4 N–H and O–H groups in total. The van der Waals surface area contributed by atoms with Crippen molar-refractivity contribution in [2.24, 2.45) is 20.1 Å². The molecule has 0 spiro atoms. The average molecular weight is 560 g/mol. The number of rotatable bonds is 5. The van der Waals surface area contributed by atoms with Crippen molar-refractivity contribution in [3.05, 3.63) is 79.7 Å². The van der Waals surface area contributed by atoms with Gasteiger partial charge in [-0.2, -0.15) is 8.42 Å². The molecule has 0 heterocycles. The number of nitrogens with zero attached hydrogens (tertiary/aromatic N) is 3. The van der Waals surface area contributed by atoms with Crippen LogP contribution in [0.3, 0.4) is 0 Å². The minimum atomic E-state index is -4.18. The molecule has 0 bridgehead atoms. The zero-order valence-electron chi connectivity index (χ0n) is 16.8. The predicted molar refractivity (Wildman–Crippen MR) is 136 cm³/mol. The number of sulfonamides is 1. The van der Waals surface area contributed by atoms with Crippen LogP contribution in [0.5, 0.6) is 11.5 Å². The van der Waals surface area contributed by atoms with Gasteiger partial charge in [-0.05, 0) is 48.5 Å². The second-order valence-electron chi connectivity index (χ2n) is 6.59. The van der Waals surface area contributed by atoms with E-state index in [-0.39, 0.29) is 42.6 Å². The van der Waals surface area contributed by atoms with Gasteiger partial charge in [0.25, 0.3) is 10.0 Å². The van der Waals surface area contributed by atoms with E-state index in [2.05, 4.69) is 14.4 Å². The Hall–Kier alpha value is -2.82. The molecule has 0 unspecified atom stereocenters. The van der Waals surface area contributed by atoms with Crippen LogP contribution in [-0.4, -0.2) is 37.0 Å². The first-order chi connectivity index (χ1) is 16.0. The van der Waals surface area contributed by atoms with E-state index in [1.807, 2.05) is 0 Å². The van der Waals surface area contributed by atoms with Gasteiger partial charge in [-0.15, -0.1) is 4.40 Å². The first kappa shape index (κ1) is 25.8. The van der Waals surface area contributed by atoms with Crippen LogP contribution in [0.25, 0.3) is 0 Å². The van der Waals surface area contributed by atoms with Crippen molar-refractivity contribution in [2.45, 2.75) is 4.90 Å². The third-order valence-electron chi connectivity index (χ3n) is 4.15. The molecule has 176 valence electrons. The fourth-order valence-corrected chi connectivity index (χ4v) is 4.45. The highest BCUT2D eigenvalue weighted by atomic mass is 35.5. The number of phenols is 2. The summed E-state index contributed by atoms with van der Waals surface area (Å²) in [5.74, 6) is -1.06. The van der Waals surface area contributed by atoms with Crippen LogP contribution in [0.2, 0.25) is 20.1 Å². The van der Waals surface area contributed by atoms with Crippen molar-refractivity contribution in [1.29, 1.82) is 0 Å². The highest BCUT2D eigenvalue weighted by Gasteiger charge is 2.14. The normalized spacial score (nSPS) is 12.6. The Labute approximate surface area is 214 Å². The van der Waals surface area contributed by atoms with E-state index in [9.17, 15) is 18.6 Å². The second-order valence-corrected chi connectivity index (χ2v) is 9.88. The first-order valence-corrected chi connectivity index (χ1v) is 12.1. The van der Waals surface area contributed by atoms with E-state index in [4.69, 9.17) is 52.1 Å². The lowest BCUT2D eigenvalue weighted by molar-refractivity contribution is 0.474. The van der Waals surface area contributed by atoms with Crippen molar-refractivity contribution in [2.75, 3.05) is 0 Å². The van der Waals surface area contributed by atoms with Gasteiger partial charge in [-0.3, -0.25) is 4.99 Å². The van der Waals surface area contributed by atoms with Gasteiger partial charge in [-0.25, -0.2) is 4.99 Å². The number of nitrogens with two attached hydrogens (primary N) is 1. The Balaban J connectivity index is 1.79. The van der Waals surface area contributed by atoms with Crippen LogP contribution in [-0.2, 0) is 10.0 Å². The lowest BCUT2D eigenvalue weighted by atomic mass is 10.2. The summed E-state index contributed by atoms with van der Waals surface area (Å²) in [5, 5.41) is 20.5. The SMILES string of the molecule is N/C(N=Cc1cc(Cl)cc(Cl)c1O)=N\S(=O)(=O)c1ccc(N=Cc2cc(Cl)cc(Cl)c2O)cc1. The van der Waals surface area contributed by atoms with E-state index >= 15 is 0 Å². The van der Waals surface area contributed by atoms with Crippen LogP contribution in [0.15, 0.2) is 67.8 Å². The highest BCUT2D eigenvalue weighted by Crippen LogP contribution is 2.31. The smallest absolute Gasteiger partial charge is 0.285 e. The van der Waals surface area contributed by atoms with E-state index in [0.29, 0.717) is 10.7 Å². The van der Waals surface area contributed by atoms with Crippen molar-refractivity contribution >= 4 is 80.5 Å². The Kier molecular flexibility index (Phi) is 8.06. The Morgan fingerprint density at radius 1 is 0.824 bits per heavy atom. The van der Waals surface area contributed by atoms with Gasteiger partial charge in [-0.1, -0.05) is 46.4 Å². The number of phenolic OH excluding ortho intramolecular Hbond substituents is 2. The Morgan fingerprint density at radius 3 is 1.85 bits per heavy atom. The summed E-state index contributed by atoms with van der Waals surface area (Å²) in [4.78, 5) is 7.73. The van der Waals surface area contributed by atoms with Crippen molar-refractivity contribution < 1.29 is 18.6 Å². The molecule has 3 aromatic rings. The molecule has 3 rings (SSSR count). The van der Waals surface area contributed by atoms with Gasteiger partial charge < -0.3 is 15.9 Å². The maximum Gasteiger partial charge on any atom is 0.285 e. The van der Waals surface area contributed by atoms with Crippen LogP contribution in [0, 0.1) is 0 Å². The van der Waals surface area contributed by atoms with Crippen LogP contribution in [0.4, 0.5) is 5.69 Å². The molecule has 13 heteroatoms. The van der Waals surface area contributed by atoms with Crippen LogP contribution >= 0.6 is 46.4 Å². The molecule has 0 aliphatic heterocycles. The standard InChI is InChI=1S/C21H14Cl4N4O4S/c22-13-5-11(19(30)17(24)7-13)9-27-15-1-3-16(4-2-15)34(32,33)29-21(26)28-10-12-6-14(23)8-18(25)20(12)31/h1-10,30-31H,(H2,26,29). The molecule has 34 heavy (non-hydrogen) atoms. The molecule has 0 saturated carbocycles. The average Bonchev–Trinajstić information content (AvgIpc) is 2.76. The topological polar surface area (TPSA) is 138 Å². The Morgan fingerprint density at radius 2 is 1.32 bits per heavy atom. The summed E-state index contributed by atoms with van der Waals surface area (Å²) in [6.45, 7) is 0. The zero-order valence-corrected chi connectivity index (χ0v) is 20.7. The molecular weight excluding hydrogens is 546 g/mol. The fraction of sp³-hybridized carbons (Fsp3) is 0. The van der Waals surface area contributed by atoms with Gasteiger partial charge in [0.15, 0.2) is 0 Å². The lowest BCUT2D eigenvalue weighted by Gasteiger charge is -2.03. The van der Waals surface area contributed by atoms with Gasteiger partial charge in [0, 0.05) is 33.6 Å². The maximum atomic E-state index is 12.5. The van der Waals surface area contributed by atoms with Crippen molar-refractivity contribution in [1.82, 2.24) is 0 Å². The predicted octanol–water partition coefficient (Wildman–Crippen LogP) is 5.58. The monoisotopic (exact) mass is 558 g/mol. The molecule has 0 radical (unpaired) electrons. The molecule has 3 aromatic carbocycles. The fourth-order valence-electron chi connectivity index (χ4n) is 2.55. The summed E-state index contributed by atoms with van der Waals surface area (Å²) in [6.07, 6.45) is 2.41.